The lowest BCUT2D eigenvalue weighted by Crippen LogP contribution is -2.10. The van der Waals surface area contributed by atoms with Gasteiger partial charge in [-0.1, -0.05) is 18.3 Å². The van der Waals surface area contributed by atoms with Crippen molar-refractivity contribution < 1.29 is 4.74 Å². The summed E-state index contributed by atoms with van der Waals surface area (Å²) >= 11 is 4.80. The standard InChI is InChI=1S/C5H9BrOS/c1-4-8-5(2,6)7-3/h4H,1H2,2-3H3. The highest BCUT2D eigenvalue weighted by atomic mass is 79.9. The average Bonchev–Trinajstić information content (AvgIpc) is 1.67. The molecule has 1 unspecified atom stereocenters. The summed E-state index contributed by atoms with van der Waals surface area (Å²) in [5.41, 5.74) is 0. The van der Waals surface area contributed by atoms with Crippen molar-refractivity contribution in [3.63, 3.8) is 0 Å². The van der Waals surface area contributed by atoms with Crippen LogP contribution in [0.3, 0.4) is 0 Å². The largest absolute Gasteiger partial charge is 0.358 e. The summed E-state index contributed by atoms with van der Waals surface area (Å²) in [6.45, 7) is 5.46. The van der Waals surface area contributed by atoms with Gasteiger partial charge in [0.15, 0.2) is 3.84 Å². The van der Waals surface area contributed by atoms with Gasteiger partial charge in [-0.2, -0.15) is 0 Å². The Labute approximate surface area is 62.6 Å². The summed E-state index contributed by atoms with van der Waals surface area (Å²) in [4.78, 5) is 0. The quantitative estimate of drug-likeness (QED) is 0.508. The number of halogens is 1. The van der Waals surface area contributed by atoms with Gasteiger partial charge in [0.2, 0.25) is 0 Å². The van der Waals surface area contributed by atoms with E-state index < -0.39 is 0 Å². The second kappa shape index (κ2) is 3.54. The number of hydrogen-bond acceptors (Lipinski definition) is 2. The van der Waals surface area contributed by atoms with Gasteiger partial charge < -0.3 is 4.74 Å². The minimum Gasteiger partial charge on any atom is -0.358 e. The van der Waals surface area contributed by atoms with Crippen molar-refractivity contribution in [3.05, 3.63) is 12.0 Å². The van der Waals surface area contributed by atoms with E-state index in [1.54, 1.807) is 12.5 Å². The number of ether oxygens (including phenoxy) is 1. The van der Waals surface area contributed by atoms with Crippen LogP contribution >= 0.6 is 27.7 Å². The Bertz CT molecular complexity index is 82.5. The molecule has 0 radical (unpaired) electrons. The van der Waals surface area contributed by atoms with Gasteiger partial charge in [0.1, 0.15) is 0 Å². The molecule has 0 bridgehead atoms. The highest BCUT2D eigenvalue weighted by Gasteiger charge is 2.16. The first-order chi connectivity index (χ1) is 3.62. The molecule has 8 heavy (non-hydrogen) atoms. The third-order valence-electron chi connectivity index (χ3n) is 0.658. The molecule has 0 rings (SSSR count). The van der Waals surface area contributed by atoms with Gasteiger partial charge in [0, 0.05) is 7.11 Å². The molecule has 0 amide bonds. The molecule has 0 spiro atoms. The lowest BCUT2D eigenvalue weighted by molar-refractivity contribution is 0.167. The van der Waals surface area contributed by atoms with Gasteiger partial charge in [-0.15, -0.1) is 0 Å². The first kappa shape index (κ1) is 8.53. The Kier molecular flexibility index (Phi) is 3.77. The fraction of sp³-hybridized carbons (Fsp3) is 0.600. The van der Waals surface area contributed by atoms with Crippen LogP contribution in [0.5, 0.6) is 0 Å². The zero-order valence-electron chi connectivity index (χ0n) is 4.98. The normalized spacial score (nSPS) is 17.4. The van der Waals surface area contributed by atoms with Crippen molar-refractivity contribution in [1.82, 2.24) is 0 Å². The minimum atomic E-state index is -0.297. The van der Waals surface area contributed by atoms with Crippen molar-refractivity contribution >= 4 is 27.7 Å². The van der Waals surface area contributed by atoms with Crippen LogP contribution < -0.4 is 0 Å². The number of alkyl halides is 1. The molecule has 0 aliphatic carbocycles. The molecule has 1 atom stereocenters. The zero-order chi connectivity index (χ0) is 6.62. The van der Waals surface area contributed by atoms with Gasteiger partial charge in [0.05, 0.1) is 0 Å². The van der Waals surface area contributed by atoms with Crippen LogP contribution in [0.2, 0.25) is 0 Å². The van der Waals surface area contributed by atoms with E-state index in [1.807, 2.05) is 6.92 Å². The molecular weight excluding hydrogens is 188 g/mol. The van der Waals surface area contributed by atoms with Crippen LogP contribution in [-0.4, -0.2) is 11.0 Å². The topological polar surface area (TPSA) is 9.23 Å². The average molecular weight is 197 g/mol. The molecule has 0 heterocycles. The van der Waals surface area contributed by atoms with Gasteiger partial charge in [0.25, 0.3) is 0 Å². The van der Waals surface area contributed by atoms with E-state index in [0.29, 0.717) is 0 Å². The van der Waals surface area contributed by atoms with Gasteiger partial charge in [-0.3, -0.25) is 0 Å². The van der Waals surface area contributed by atoms with Crippen molar-refractivity contribution in [2.24, 2.45) is 0 Å². The third kappa shape index (κ3) is 3.52. The molecule has 0 saturated carbocycles. The number of thioether (sulfide) groups is 1. The number of rotatable bonds is 3. The fourth-order valence-corrected chi connectivity index (χ4v) is 0.987. The highest BCUT2D eigenvalue weighted by molar-refractivity contribution is 9.11. The SMILES string of the molecule is C=CSC(C)(Br)OC. The van der Waals surface area contributed by atoms with Crippen molar-refractivity contribution in [2.75, 3.05) is 7.11 Å². The second-order valence-corrected chi connectivity index (χ2v) is 4.71. The maximum Gasteiger partial charge on any atom is 0.169 e. The fourth-order valence-electron chi connectivity index (χ4n) is 0.197. The Morgan fingerprint density at radius 3 is 2.50 bits per heavy atom. The second-order valence-electron chi connectivity index (χ2n) is 1.32. The maximum atomic E-state index is 4.99. The van der Waals surface area contributed by atoms with Gasteiger partial charge in [-0.05, 0) is 28.3 Å². The molecule has 0 fully saturated rings. The molecule has 0 aliphatic rings. The molecule has 1 nitrogen and oxygen atoms in total. The molecule has 0 aromatic carbocycles. The highest BCUT2D eigenvalue weighted by Crippen LogP contribution is 2.32. The molecule has 0 aromatic heterocycles. The summed E-state index contributed by atoms with van der Waals surface area (Å²) in [6, 6.07) is 0. The van der Waals surface area contributed by atoms with E-state index in [4.69, 9.17) is 4.74 Å². The number of hydrogen-bond donors (Lipinski definition) is 0. The van der Waals surface area contributed by atoms with E-state index in [0.717, 1.165) is 0 Å². The van der Waals surface area contributed by atoms with Crippen LogP contribution in [-0.2, 0) is 4.74 Å². The Hall–Kier alpha value is 0.530. The number of methoxy groups -OCH3 is 1. The van der Waals surface area contributed by atoms with Crippen molar-refractivity contribution in [3.8, 4) is 0 Å². The summed E-state index contributed by atoms with van der Waals surface area (Å²) in [6.07, 6.45) is 0. The molecule has 0 saturated heterocycles. The van der Waals surface area contributed by atoms with Crippen LogP contribution in [0, 0.1) is 0 Å². The molecular formula is C5H9BrOS. The smallest absolute Gasteiger partial charge is 0.169 e. The summed E-state index contributed by atoms with van der Waals surface area (Å²) < 4.78 is 4.69. The predicted octanol–water partition coefficient (Wildman–Crippen LogP) is 2.58. The molecule has 0 aliphatic heterocycles. The Morgan fingerprint density at radius 1 is 1.88 bits per heavy atom. The van der Waals surface area contributed by atoms with Gasteiger partial charge >= 0.3 is 0 Å². The zero-order valence-corrected chi connectivity index (χ0v) is 7.38. The van der Waals surface area contributed by atoms with Crippen molar-refractivity contribution in [2.45, 2.75) is 10.8 Å². The Balaban J connectivity index is 3.53. The first-order valence-corrected chi connectivity index (χ1v) is 3.82. The van der Waals surface area contributed by atoms with Crippen LogP contribution in [0.4, 0.5) is 0 Å². The van der Waals surface area contributed by atoms with Crippen LogP contribution in [0.25, 0.3) is 0 Å². The monoisotopic (exact) mass is 196 g/mol. The third-order valence-corrected chi connectivity index (χ3v) is 2.30. The van der Waals surface area contributed by atoms with Crippen LogP contribution in [0.1, 0.15) is 6.92 Å². The molecule has 3 heteroatoms. The van der Waals surface area contributed by atoms with Gasteiger partial charge in [-0.25, -0.2) is 0 Å². The summed E-state index contributed by atoms with van der Waals surface area (Å²) in [5, 5.41) is 1.73. The molecule has 48 valence electrons. The van der Waals surface area contributed by atoms with E-state index in [9.17, 15) is 0 Å². The van der Waals surface area contributed by atoms with E-state index in [1.165, 1.54) is 11.8 Å². The van der Waals surface area contributed by atoms with Crippen molar-refractivity contribution in [1.29, 1.82) is 0 Å². The van der Waals surface area contributed by atoms with E-state index in [-0.39, 0.29) is 3.84 Å². The van der Waals surface area contributed by atoms with E-state index >= 15 is 0 Å². The lowest BCUT2D eigenvalue weighted by atomic mass is 10.9. The maximum absolute atomic E-state index is 4.99. The summed E-state index contributed by atoms with van der Waals surface area (Å²) in [7, 11) is 1.64. The first-order valence-electron chi connectivity index (χ1n) is 2.15. The predicted molar refractivity (Wildman–Crippen MR) is 42.1 cm³/mol. The molecule has 0 N–H and O–H groups in total. The lowest BCUT2D eigenvalue weighted by Gasteiger charge is -2.16. The van der Waals surface area contributed by atoms with E-state index in [2.05, 4.69) is 22.5 Å². The summed E-state index contributed by atoms with van der Waals surface area (Å²) in [5.74, 6) is 0. The minimum absolute atomic E-state index is 0.297. The molecule has 0 aromatic rings. The Morgan fingerprint density at radius 2 is 2.38 bits per heavy atom. The van der Waals surface area contributed by atoms with Crippen LogP contribution in [0.15, 0.2) is 12.0 Å².